The van der Waals surface area contributed by atoms with Crippen LogP contribution in [-0.2, 0) is 17.1 Å². The number of methoxy groups -OCH3 is 2. The molecule has 0 fully saturated rings. The second-order valence-electron chi connectivity index (χ2n) is 7.70. The highest BCUT2D eigenvalue weighted by molar-refractivity contribution is 7.93. The third-order valence-electron chi connectivity index (χ3n) is 5.45. The summed E-state index contributed by atoms with van der Waals surface area (Å²) in [6, 6.07) is 1.70. The van der Waals surface area contributed by atoms with Crippen LogP contribution in [-0.4, -0.2) is 72.4 Å². The van der Waals surface area contributed by atoms with Crippen molar-refractivity contribution in [3.63, 3.8) is 0 Å². The van der Waals surface area contributed by atoms with Crippen molar-refractivity contribution < 1.29 is 17.9 Å². The zero-order chi connectivity index (χ0) is 26.0. The molecule has 0 aromatic carbocycles. The summed E-state index contributed by atoms with van der Waals surface area (Å²) in [5.74, 6) is 0.0355. The van der Waals surface area contributed by atoms with Gasteiger partial charge in [-0.15, -0.1) is 10.2 Å². The minimum Gasteiger partial charge on any atom is -0.479 e. The average Bonchev–Trinajstić information content (AvgIpc) is 3.48. The number of hydrogen-bond donors (Lipinski definition) is 1. The van der Waals surface area contributed by atoms with Crippen LogP contribution in [0, 0.1) is 0 Å². The summed E-state index contributed by atoms with van der Waals surface area (Å²) in [6.45, 7) is 3.24. The topological polar surface area (TPSA) is 165 Å². The maximum Gasteiger partial charge on any atom is 0.245 e. The second-order valence-corrected chi connectivity index (χ2v) is 10.2. The Morgan fingerprint density at radius 2 is 1.67 bits per heavy atom. The molecule has 0 bridgehead atoms. The molecule has 2 atom stereocenters. The molecule has 0 spiro atoms. The number of aryl methyl sites for hydroxylation is 1. The van der Waals surface area contributed by atoms with E-state index in [4.69, 9.17) is 21.1 Å². The lowest BCUT2D eigenvalue weighted by molar-refractivity contribution is 0.368. The van der Waals surface area contributed by atoms with Crippen LogP contribution in [0.4, 0.5) is 5.95 Å². The molecule has 2 unspecified atom stereocenters. The summed E-state index contributed by atoms with van der Waals surface area (Å²) in [6.07, 6.45) is 5.80. The smallest absolute Gasteiger partial charge is 0.245 e. The lowest BCUT2D eigenvalue weighted by Gasteiger charge is -2.20. The van der Waals surface area contributed by atoms with Crippen LogP contribution >= 0.6 is 11.6 Å². The Morgan fingerprint density at radius 3 is 2.22 bits per heavy atom. The Kier molecular flexibility index (Phi) is 7.03. The van der Waals surface area contributed by atoms with Gasteiger partial charge in [0.05, 0.1) is 24.5 Å². The Balaban J connectivity index is 1.81. The lowest BCUT2D eigenvalue weighted by atomic mass is 10.1. The zero-order valence-corrected chi connectivity index (χ0v) is 21.6. The van der Waals surface area contributed by atoms with E-state index in [1.807, 2.05) is 0 Å². The first-order valence-electron chi connectivity index (χ1n) is 10.5. The number of ether oxygens (including phenoxy) is 2. The molecule has 0 radical (unpaired) electrons. The number of aromatic nitrogens is 9. The number of halogens is 1. The summed E-state index contributed by atoms with van der Waals surface area (Å²) in [5.41, 5.74) is 0.604. The van der Waals surface area contributed by atoms with Crippen molar-refractivity contribution in [2.45, 2.75) is 25.0 Å². The first-order valence-corrected chi connectivity index (χ1v) is 12.5. The lowest BCUT2D eigenvalue weighted by Crippen LogP contribution is -2.31. The SMILES string of the molecule is COc1ncnc(OC)c1-n1c(NS(=O)(=O)C(C)C(C)c2ncc(Cl)cn2)nnc1-c1ccn(C)n1. The van der Waals surface area contributed by atoms with Gasteiger partial charge in [-0.05, 0) is 13.0 Å². The van der Waals surface area contributed by atoms with Crippen molar-refractivity contribution >= 4 is 27.6 Å². The fourth-order valence-electron chi connectivity index (χ4n) is 3.36. The van der Waals surface area contributed by atoms with Crippen molar-refractivity contribution in [1.29, 1.82) is 0 Å². The van der Waals surface area contributed by atoms with Gasteiger partial charge in [-0.2, -0.15) is 15.1 Å². The van der Waals surface area contributed by atoms with E-state index in [0.717, 1.165) is 0 Å². The van der Waals surface area contributed by atoms with Crippen LogP contribution in [0.25, 0.3) is 17.2 Å². The van der Waals surface area contributed by atoms with E-state index in [1.165, 1.54) is 44.4 Å². The van der Waals surface area contributed by atoms with E-state index < -0.39 is 21.2 Å². The molecule has 0 saturated heterocycles. The molecule has 0 aliphatic heterocycles. The van der Waals surface area contributed by atoms with E-state index in [-0.39, 0.29) is 29.2 Å². The first-order chi connectivity index (χ1) is 17.2. The Morgan fingerprint density at radius 1 is 1.03 bits per heavy atom. The van der Waals surface area contributed by atoms with Crippen LogP contribution in [0.1, 0.15) is 25.6 Å². The minimum absolute atomic E-state index is 0.107. The van der Waals surface area contributed by atoms with Gasteiger partial charge in [0.25, 0.3) is 0 Å². The van der Waals surface area contributed by atoms with E-state index in [0.29, 0.717) is 16.5 Å². The van der Waals surface area contributed by atoms with Crippen LogP contribution in [0.3, 0.4) is 0 Å². The van der Waals surface area contributed by atoms with Crippen molar-refractivity contribution in [3.05, 3.63) is 41.8 Å². The molecule has 0 amide bonds. The van der Waals surface area contributed by atoms with Crippen LogP contribution in [0.5, 0.6) is 11.8 Å². The first kappa shape index (κ1) is 25.2. The van der Waals surface area contributed by atoms with Gasteiger partial charge in [0.2, 0.25) is 27.7 Å². The number of hydrogen-bond acceptors (Lipinski definition) is 11. The Hall–Kier alpha value is -3.85. The second kappa shape index (κ2) is 10.0. The van der Waals surface area contributed by atoms with Crippen LogP contribution < -0.4 is 14.2 Å². The molecule has 16 heteroatoms. The molecule has 36 heavy (non-hydrogen) atoms. The molecule has 4 aromatic heterocycles. The number of sulfonamides is 1. The minimum atomic E-state index is -4.04. The monoisotopic (exact) mass is 534 g/mol. The molecular formula is C20H23ClN10O4S. The maximum absolute atomic E-state index is 13.4. The Bertz CT molecular complexity index is 1450. The predicted octanol–water partition coefficient (Wildman–Crippen LogP) is 1.85. The zero-order valence-electron chi connectivity index (χ0n) is 20.0. The van der Waals surface area contributed by atoms with Gasteiger partial charge in [0.15, 0.2) is 11.5 Å². The highest BCUT2D eigenvalue weighted by atomic mass is 35.5. The highest BCUT2D eigenvalue weighted by Crippen LogP contribution is 2.35. The summed E-state index contributed by atoms with van der Waals surface area (Å²) in [7, 11) is 0.525. The normalized spacial score (nSPS) is 13.3. The molecule has 1 N–H and O–H groups in total. The molecule has 4 rings (SSSR count). The number of rotatable bonds is 9. The van der Waals surface area contributed by atoms with Gasteiger partial charge in [0, 0.05) is 31.6 Å². The molecule has 4 heterocycles. The molecule has 0 aliphatic carbocycles. The molecule has 190 valence electrons. The third kappa shape index (κ3) is 4.79. The fraction of sp³-hybridized carbons (Fsp3) is 0.350. The summed E-state index contributed by atoms with van der Waals surface area (Å²) < 4.78 is 43.2. The standard InChI is InChI=1S/C20H23ClN10O4S/c1-11(16-22-8-13(21)9-23-16)12(2)36(32,33)29-20-27-26-17(14-6-7-30(3)28-14)31(20)15-18(34-4)24-10-25-19(15)35-5/h6-12H,1-5H3,(H,27,29). The highest BCUT2D eigenvalue weighted by Gasteiger charge is 2.33. The number of nitrogens with one attached hydrogen (secondary N) is 1. The van der Waals surface area contributed by atoms with Gasteiger partial charge in [-0.25, -0.2) is 23.0 Å². The summed E-state index contributed by atoms with van der Waals surface area (Å²) in [4.78, 5) is 16.6. The summed E-state index contributed by atoms with van der Waals surface area (Å²) in [5, 5.41) is 12.0. The van der Waals surface area contributed by atoms with Crippen molar-refractivity contribution in [1.82, 2.24) is 44.5 Å². The van der Waals surface area contributed by atoms with Crippen LogP contribution in [0.15, 0.2) is 31.0 Å². The predicted molar refractivity (Wildman–Crippen MR) is 130 cm³/mol. The van der Waals surface area contributed by atoms with E-state index in [9.17, 15) is 8.42 Å². The van der Waals surface area contributed by atoms with E-state index >= 15 is 0 Å². The average molecular weight is 535 g/mol. The van der Waals surface area contributed by atoms with Gasteiger partial charge in [-0.1, -0.05) is 18.5 Å². The van der Waals surface area contributed by atoms with E-state index in [2.05, 4.69) is 40.0 Å². The molecule has 0 saturated carbocycles. The largest absolute Gasteiger partial charge is 0.479 e. The van der Waals surface area contributed by atoms with Gasteiger partial charge < -0.3 is 9.47 Å². The fourth-order valence-corrected chi connectivity index (χ4v) is 4.69. The number of nitrogens with zero attached hydrogens (tertiary/aromatic N) is 9. The third-order valence-corrected chi connectivity index (χ3v) is 7.50. The van der Waals surface area contributed by atoms with Crippen LogP contribution in [0.2, 0.25) is 5.02 Å². The summed E-state index contributed by atoms with van der Waals surface area (Å²) >= 11 is 5.86. The molecular weight excluding hydrogens is 512 g/mol. The number of anilines is 1. The van der Waals surface area contributed by atoms with Crippen molar-refractivity contribution in [3.8, 4) is 29.0 Å². The van der Waals surface area contributed by atoms with Gasteiger partial charge >= 0.3 is 0 Å². The Labute approximate surface area is 211 Å². The van der Waals surface area contributed by atoms with E-state index in [1.54, 1.807) is 30.9 Å². The molecule has 4 aromatic rings. The maximum atomic E-state index is 13.4. The molecule has 0 aliphatic rings. The van der Waals surface area contributed by atoms with Gasteiger partial charge in [-0.3, -0.25) is 9.40 Å². The van der Waals surface area contributed by atoms with Crippen molar-refractivity contribution in [2.75, 3.05) is 18.9 Å². The molecule has 14 nitrogen and oxygen atoms in total. The quantitative estimate of drug-likeness (QED) is 0.333. The van der Waals surface area contributed by atoms with Gasteiger partial charge in [0.1, 0.15) is 17.8 Å². The van der Waals surface area contributed by atoms with Crippen molar-refractivity contribution in [2.24, 2.45) is 7.05 Å².